The van der Waals surface area contributed by atoms with Crippen LogP contribution in [0, 0.1) is 0 Å². The first kappa shape index (κ1) is 14.1. The Labute approximate surface area is 92.2 Å². The number of quaternary nitrogens is 1. The molecule has 1 N–H and O–H groups in total. The SMILES string of the molecule is CCCC[N+]([C]=O)(CCCC)C(=O)NC. The van der Waals surface area contributed by atoms with Crippen molar-refractivity contribution in [3.05, 3.63) is 0 Å². The largest absolute Gasteiger partial charge is 0.452 e. The fourth-order valence-corrected chi connectivity index (χ4v) is 1.52. The number of amides is 3. The lowest BCUT2D eigenvalue weighted by Crippen LogP contribution is -2.56. The summed E-state index contributed by atoms with van der Waals surface area (Å²) in [7, 11) is 1.56. The Kier molecular flexibility index (Phi) is 6.96. The van der Waals surface area contributed by atoms with Crippen molar-refractivity contribution in [3.63, 3.8) is 0 Å². The van der Waals surface area contributed by atoms with Crippen LogP contribution in [0.5, 0.6) is 0 Å². The van der Waals surface area contributed by atoms with Gasteiger partial charge in [-0.05, 0) is 12.8 Å². The highest BCUT2D eigenvalue weighted by atomic mass is 16.2. The van der Waals surface area contributed by atoms with E-state index in [0.29, 0.717) is 13.1 Å². The normalized spacial score (nSPS) is 11.1. The topological polar surface area (TPSA) is 46.2 Å². The quantitative estimate of drug-likeness (QED) is 0.657. The number of hydrogen-bond acceptors (Lipinski definition) is 2. The maximum absolute atomic E-state index is 11.7. The highest BCUT2D eigenvalue weighted by Gasteiger charge is 2.36. The zero-order valence-electron chi connectivity index (χ0n) is 10.0. The van der Waals surface area contributed by atoms with Crippen LogP contribution in [0.2, 0.25) is 0 Å². The van der Waals surface area contributed by atoms with Gasteiger partial charge in [-0.15, -0.1) is 0 Å². The van der Waals surface area contributed by atoms with E-state index in [1.807, 2.05) is 20.3 Å². The lowest BCUT2D eigenvalue weighted by molar-refractivity contribution is -0.757. The minimum absolute atomic E-state index is 0.196. The molecule has 0 rings (SSSR count). The van der Waals surface area contributed by atoms with Gasteiger partial charge in [0.25, 0.3) is 0 Å². The summed E-state index contributed by atoms with van der Waals surface area (Å²) in [4.78, 5) is 22.7. The predicted octanol–water partition coefficient (Wildman–Crippen LogP) is 1.81. The van der Waals surface area contributed by atoms with Crippen LogP contribution in [0.4, 0.5) is 4.79 Å². The van der Waals surface area contributed by atoms with Crippen LogP contribution in [0.15, 0.2) is 0 Å². The Morgan fingerprint density at radius 2 is 1.67 bits per heavy atom. The van der Waals surface area contributed by atoms with Gasteiger partial charge in [0.05, 0.1) is 13.1 Å². The third kappa shape index (κ3) is 4.00. The van der Waals surface area contributed by atoms with Gasteiger partial charge in [-0.1, -0.05) is 26.7 Å². The van der Waals surface area contributed by atoms with Gasteiger partial charge in [0.2, 0.25) is 0 Å². The van der Waals surface area contributed by atoms with Crippen LogP contribution < -0.4 is 5.32 Å². The maximum Gasteiger partial charge on any atom is 0.452 e. The average molecular weight is 214 g/mol. The molecule has 0 aromatic rings. The molecule has 0 saturated carbocycles. The molecule has 0 heterocycles. The number of carbonyl (C=O) groups is 1. The molecule has 0 fully saturated rings. The summed E-state index contributed by atoms with van der Waals surface area (Å²) in [6.07, 6.45) is 5.60. The first-order valence-corrected chi connectivity index (χ1v) is 5.65. The van der Waals surface area contributed by atoms with E-state index in [4.69, 9.17) is 0 Å². The second kappa shape index (κ2) is 7.40. The van der Waals surface area contributed by atoms with Crippen molar-refractivity contribution >= 4 is 12.4 Å². The van der Waals surface area contributed by atoms with Crippen molar-refractivity contribution in [2.75, 3.05) is 20.1 Å². The van der Waals surface area contributed by atoms with E-state index in [0.717, 1.165) is 25.7 Å². The molecule has 3 amide bonds. The second-order valence-electron chi connectivity index (χ2n) is 3.77. The van der Waals surface area contributed by atoms with Gasteiger partial charge in [0.15, 0.2) is 0 Å². The zero-order chi connectivity index (χ0) is 11.7. The Hall–Kier alpha value is -0.900. The van der Waals surface area contributed by atoms with Gasteiger partial charge in [-0.25, -0.2) is 9.59 Å². The molecule has 0 aromatic carbocycles. The van der Waals surface area contributed by atoms with Gasteiger partial charge in [-0.3, -0.25) is 0 Å². The van der Waals surface area contributed by atoms with Gasteiger partial charge in [0.1, 0.15) is 0 Å². The molecular formula is C11H22N2O2+. The van der Waals surface area contributed by atoms with Gasteiger partial charge in [0, 0.05) is 7.05 Å². The molecule has 0 aliphatic rings. The molecule has 15 heavy (non-hydrogen) atoms. The van der Waals surface area contributed by atoms with E-state index in [1.54, 1.807) is 7.05 Å². The first-order valence-electron chi connectivity index (χ1n) is 5.65. The number of unbranched alkanes of at least 4 members (excludes halogenated alkanes) is 2. The van der Waals surface area contributed by atoms with E-state index in [-0.39, 0.29) is 10.5 Å². The van der Waals surface area contributed by atoms with Gasteiger partial charge >= 0.3 is 12.4 Å². The van der Waals surface area contributed by atoms with Crippen molar-refractivity contribution in [2.24, 2.45) is 0 Å². The van der Waals surface area contributed by atoms with Crippen LogP contribution in [0.25, 0.3) is 0 Å². The summed E-state index contributed by atoms with van der Waals surface area (Å²) in [5, 5.41) is 2.55. The molecule has 4 heteroatoms. The van der Waals surface area contributed by atoms with Crippen molar-refractivity contribution in [3.8, 4) is 0 Å². The monoisotopic (exact) mass is 214 g/mol. The lowest BCUT2D eigenvalue weighted by atomic mass is 10.2. The van der Waals surface area contributed by atoms with Gasteiger partial charge in [-0.2, -0.15) is 4.48 Å². The molecule has 0 unspecified atom stereocenters. The van der Waals surface area contributed by atoms with E-state index in [9.17, 15) is 9.59 Å². The lowest BCUT2D eigenvalue weighted by Gasteiger charge is -2.26. The van der Waals surface area contributed by atoms with Crippen molar-refractivity contribution < 1.29 is 14.1 Å². The molecule has 0 saturated heterocycles. The summed E-state index contributed by atoms with van der Waals surface area (Å²) < 4.78 is -0.196. The maximum atomic E-state index is 11.7. The number of carbonyl (C=O) groups excluding carboxylic acids is 2. The van der Waals surface area contributed by atoms with Crippen LogP contribution in [0.1, 0.15) is 39.5 Å². The number of urea groups is 1. The van der Waals surface area contributed by atoms with E-state index < -0.39 is 0 Å². The number of imide groups is 1. The van der Waals surface area contributed by atoms with Gasteiger partial charge < -0.3 is 5.32 Å². The second-order valence-corrected chi connectivity index (χ2v) is 3.77. The third-order valence-electron chi connectivity index (χ3n) is 2.56. The number of nitrogens with one attached hydrogen (secondary N) is 1. The molecule has 4 nitrogen and oxygen atoms in total. The van der Waals surface area contributed by atoms with Crippen LogP contribution in [-0.4, -0.2) is 37.1 Å². The summed E-state index contributed by atoms with van der Waals surface area (Å²) in [5.74, 6) is 0. The van der Waals surface area contributed by atoms with E-state index in [2.05, 4.69) is 5.32 Å². The number of rotatable bonds is 7. The highest BCUT2D eigenvalue weighted by molar-refractivity contribution is 5.73. The van der Waals surface area contributed by atoms with Crippen molar-refractivity contribution in [2.45, 2.75) is 39.5 Å². The Morgan fingerprint density at radius 1 is 1.20 bits per heavy atom. The van der Waals surface area contributed by atoms with E-state index in [1.165, 1.54) is 0 Å². The Bertz CT molecular complexity index is 197. The fraction of sp³-hybridized carbons (Fsp3) is 0.818. The minimum atomic E-state index is -0.244. The standard InChI is InChI=1S/C11H22N2O2/c1-4-6-8-13(10-14,9-7-5-2)11(15)12-3/h4-9H2,1-3H3,(H,12,15)/q+1. The Morgan fingerprint density at radius 3 is 1.93 bits per heavy atom. The first-order chi connectivity index (χ1) is 7.16. The number of nitrogens with zero attached hydrogens (tertiary/aromatic N) is 1. The number of hydrogen-bond donors (Lipinski definition) is 1. The van der Waals surface area contributed by atoms with E-state index >= 15 is 0 Å². The molecule has 0 aromatic heterocycles. The van der Waals surface area contributed by atoms with Crippen LogP contribution in [-0.2, 0) is 4.79 Å². The molecule has 1 radical (unpaired) electrons. The summed E-state index contributed by atoms with van der Waals surface area (Å²) in [6, 6.07) is -0.244. The van der Waals surface area contributed by atoms with Crippen LogP contribution in [0.3, 0.4) is 0 Å². The fourth-order valence-electron chi connectivity index (χ4n) is 1.52. The third-order valence-corrected chi connectivity index (χ3v) is 2.56. The van der Waals surface area contributed by atoms with Crippen molar-refractivity contribution in [1.29, 1.82) is 0 Å². The molecular weight excluding hydrogens is 192 g/mol. The molecule has 0 aliphatic carbocycles. The molecule has 0 bridgehead atoms. The summed E-state index contributed by atoms with van der Waals surface area (Å²) in [6.45, 7) is 5.20. The zero-order valence-corrected chi connectivity index (χ0v) is 10.0. The molecule has 87 valence electrons. The summed E-state index contributed by atoms with van der Waals surface area (Å²) >= 11 is 0. The predicted molar refractivity (Wildman–Crippen MR) is 60.0 cm³/mol. The molecule has 0 spiro atoms. The molecule has 0 aliphatic heterocycles. The molecule has 0 atom stereocenters. The van der Waals surface area contributed by atoms with Crippen molar-refractivity contribution in [1.82, 2.24) is 5.32 Å². The Balaban J connectivity index is 4.59. The smallest absolute Gasteiger partial charge is 0.308 e. The van der Waals surface area contributed by atoms with Crippen LogP contribution >= 0.6 is 0 Å². The summed E-state index contributed by atoms with van der Waals surface area (Å²) in [5.41, 5.74) is 0. The average Bonchev–Trinajstić information content (AvgIpc) is 2.29. The minimum Gasteiger partial charge on any atom is -0.308 e. The highest BCUT2D eigenvalue weighted by Crippen LogP contribution is 2.10.